The number of carbonyl (C=O) groups excluding carboxylic acids is 2. The van der Waals surface area contributed by atoms with Crippen LogP contribution in [-0.2, 0) is 32.6 Å². The van der Waals surface area contributed by atoms with Crippen LogP contribution < -0.4 is 9.62 Å². The molecule has 0 heterocycles. The van der Waals surface area contributed by atoms with Crippen molar-refractivity contribution >= 4 is 27.5 Å². The number of aryl methyl sites for hydroxylation is 4. The first-order chi connectivity index (χ1) is 21.8. The minimum Gasteiger partial charge on any atom is -0.354 e. The molecule has 4 rings (SSSR count). The Morgan fingerprint density at radius 3 is 1.93 bits per heavy atom. The lowest BCUT2D eigenvalue weighted by Crippen LogP contribution is -2.53. The summed E-state index contributed by atoms with van der Waals surface area (Å²) in [6.45, 7) is 11.7. The maximum Gasteiger partial charge on any atom is 0.264 e. The first-order valence-corrected chi connectivity index (χ1v) is 17.1. The van der Waals surface area contributed by atoms with E-state index >= 15 is 0 Å². The molecule has 0 unspecified atom stereocenters. The number of carbonyl (C=O) groups is 2. The minimum absolute atomic E-state index is 0.0902. The molecule has 2 amide bonds. The van der Waals surface area contributed by atoms with Gasteiger partial charge >= 0.3 is 0 Å². The fourth-order valence-electron chi connectivity index (χ4n) is 5.21. The van der Waals surface area contributed by atoms with E-state index in [1.54, 1.807) is 30.3 Å². The molecule has 0 radical (unpaired) electrons. The maximum absolute atomic E-state index is 14.6. The predicted molar refractivity (Wildman–Crippen MR) is 185 cm³/mol. The highest BCUT2D eigenvalue weighted by molar-refractivity contribution is 7.92. The van der Waals surface area contributed by atoms with Gasteiger partial charge in [0.25, 0.3) is 10.0 Å². The number of benzene rings is 4. The summed E-state index contributed by atoms with van der Waals surface area (Å²) in [4.78, 5) is 30.2. The molecule has 0 aliphatic carbocycles. The summed E-state index contributed by atoms with van der Waals surface area (Å²) >= 11 is 0. The van der Waals surface area contributed by atoms with Crippen molar-refractivity contribution in [2.75, 3.05) is 17.4 Å². The fourth-order valence-corrected chi connectivity index (χ4v) is 6.68. The third-order valence-corrected chi connectivity index (χ3v) is 9.72. The van der Waals surface area contributed by atoms with Crippen molar-refractivity contribution in [3.05, 3.63) is 130 Å². The van der Waals surface area contributed by atoms with E-state index in [1.165, 1.54) is 9.21 Å². The van der Waals surface area contributed by atoms with Crippen molar-refractivity contribution < 1.29 is 18.0 Å². The van der Waals surface area contributed by atoms with Crippen LogP contribution in [0.5, 0.6) is 0 Å². The molecule has 0 aromatic heterocycles. The number of nitrogens with one attached hydrogen (secondary N) is 1. The first kappa shape index (κ1) is 34.4. The van der Waals surface area contributed by atoms with Crippen molar-refractivity contribution in [1.29, 1.82) is 0 Å². The summed E-state index contributed by atoms with van der Waals surface area (Å²) < 4.78 is 29.8. The molecule has 46 heavy (non-hydrogen) atoms. The number of rotatable bonds is 13. The first-order valence-electron chi connectivity index (χ1n) is 15.7. The lowest BCUT2D eigenvalue weighted by atomic mass is 10.0. The third kappa shape index (κ3) is 8.85. The average molecular weight is 640 g/mol. The molecule has 4 aromatic carbocycles. The van der Waals surface area contributed by atoms with Crippen molar-refractivity contribution in [2.24, 2.45) is 5.92 Å². The van der Waals surface area contributed by atoms with Gasteiger partial charge in [0.05, 0.1) is 10.6 Å². The quantitative estimate of drug-likeness (QED) is 0.180. The minimum atomic E-state index is -4.16. The van der Waals surface area contributed by atoms with Gasteiger partial charge < -0.3 is 10.2 Å². The van der Waals surface area contributed by atoms with Crippen LogP contribution >= 0.6 is 0 Å². The van der Waals surface area contributed by atoms with E-state index in [4.69, 9.17) is 0 Å². The molecule has 7 nitrogen and oxygen atoms in total. The Hall–Kier alpha value is -4.43. The zero-order valence-corrected chi connectivity index (χ0v) is 28.5. The van der Waals surface area contributed by atoms with Crippen LogP contribution in [-0.4, -0.2) is 44.3 Å². The van der Waals surface area contributed by atoms with E-state index in [0.29, 0.717) is 12.2 Å². The number of anilines is 1. The topological polar surface area (TPSA) is 86.8 Å². The third-order valence-electron chi connectivity index (χ3n) is 7.95. The molecule has 0 spiro atoms. The van der Waals surface area contributed by atoms with E-state index in [9.17, 15) is 18.0 Å². The smallest absolute Gasteiger partial charge is 0.264 e. The number of hydrogen-bond donors (Lipinski definition) is 1. The standard InChI is InChI=1S/C38H45N3O4S/c1-27(2)24-39-38(43)36(23-32-10-8-7-9-11-32)40(25-33-18-13-28(3)14-19-33)37(42)26-41(35-22-30(5)12-17-31(35)6)46(44,45)34-20-15-29(4)16-21-34/h7-22,27,36H,23-26H2,1-6H3,(H,39,43)/t36-/m0/s1. The van der Waals surface area contributed by atoms with Gasteiger partial charge in [0.2, 0.25) is 11.8 Å². The van der Waals surface area contributed by atoms with Gasteiger partial charge in [-0.2, -0.15) is 0 Å². The molecule has 8 heteroatoms. The van der Waals surface area contributed by atoms with Crippen LogP contribution in [0.25, 0.3) is 0 Å². The van der Waals surface area contributed by atoms with Crippen LogP contribution in [0.2, 0.25) is 0 Å². The number of amides is 2. The van der Waals surface area contributed by atoms with Gasteiger partial charge in [-0.1, -0.05) is 104 Å². The molecule has 242 valence electrons. The monoisotopic (exact) mass is 639 g/mol. The van der Waals surface area contributed by atoms with Crippen LogP contribution in [0, 0.1) is 33.6 Å². The molecule has 1 atom stereocenters. The zero-order valence-electron chi connectivity index (χ0n) is 27.7. The van der Waals surface area contributed by atoms with E-state index in [-0.39, 0.29) is 29.7 Å². The highest BCUT2D eigenvalue weighted by Gasteiger charge is 2.35. The van der Waals surface area contributed by atoms with E-state index in [0.717, 1.165) is 33.4 Å². The molecule has 0 saturated carbocycles. The second-order valence-electron chi connectivity index (χ2n) is 12.5. The summed E-state index contributed by atoms with van der Waals surface area (Å²) in [5, 5.41) is 3.03. The lowest BCUT2D eigenvalue weighted by Gasteiger charge is -2.34. The SMILES string of the molecule is Cc1ccc(CN(C(=O)CN(c2cc(C)ccc2C)S(=O)(=O)c2ccc(C)cc2)[C@@H](Cc2ccccc2)C(=O)NCC(C)C)cc1. The highest BCUT2D eigenvalue weighted by Crippen LogP contribution is 2.29. The van der Waals surface area contributed by atoms with E-state index < -0.39 is 28.5 Å². The Bertz CT molecular complexity index is 1740. The van der Waals surface area contributed by atoms with Crippen LogP contribution in [0.15, 0.2) is 102 Å². The van der Waals surface area contributed by atoms with Gasteiger partial charge in [0, 0.05) is 19.5 Å². The Morgan fingerprint density at radius 1 is 0.739 bits per heavy atom. The molecular formula is C38H45N3O4S. The Balaban J connectivity index is 1.82. The summed E-state index contributed by atoms with van der Waals surface area (Å²) in [5.74, 6) is -0.544. The molecule has 0 aliphatic heterocycles. The normalized spacial score (nSPS) is 12.1. The second-order valence-corrected chi connectivity index (χ2v) is 14.3. The van der Waals surface area contributed by atoms with Gasteiger partial charge in [-0.25, -0.2) is 8.42 Å². The lowest BCUT2D eigenvalue weighted by molar-refractivity contribution is -0.140. The van der Waals surface area contributed by atoms with Crippen molar-refractivity contribution in [3.8, 4) is 0 Å². The largest absolute Gasteiger partial charge is 0.354 e. The highest BCUT2D eigenvalue weighted by atomic mass is 32.2. The van der Waals surface area contributed by atoms with Gasteiger partial charge in [-0.05, 0) is 74.1 Å². The van der Waals surface area contributed by atoms with Gasteiger partial charge in [-0.3, -0.25) is 13.9 Å². The Kier molecular flexibility index (Phi) is 11.4. The van der Waals surface area contributed by atoms with Crippen LogP contribution in [0.3, 0.4) is 0 Å². The Morgan fingerprint density at radius 2 is 1.33 bits per heavy atom. The summed E-state index contributed by atoms with van der Waals surface area (Å²) in [5.41, 5.74) is 5.74. The number of sulfonamides is 1. The molecule has 1 N–H and O–H groups in total. The average Bonchev–Trinajstić information content (AvgIpc) is 3.03. The molecule has 0 fully saturated rings. The summed E-state index contributed by atoms with van der Waals surface area (Å²) in [7, 11) is -4.16. The number of nitrogens with zero attached hydrogens (tertiary/aromatic N) is 2. The molecule has 0 aliphatic rings. The molecule has 0 saturated heterocycles. The van der Waals surface area contributed by atoms with Gasteiger partial charge in [0.15, 0.2) is 0 Å². The summed E-state index contributed by atoms with van der Waals surface area (Å²) in [6.07, 6.45) is 0.274. The zero-order chi connectivity index (χ0) is 33.4. The van der Waals surface area contributed by atoms with Gasteiger partial charge in [0.1, 0.15) is 12.6 Å². The molecule has 4 aromatic rings. The van der Waals surface area contributed by atoms with Crippen molar-refractivity contribution in [1.82, 2.24) is 10.2 Å². The van der Waals surface area contributed by atoms with Gasteiger partial charge in [-0.15, -0.1) is 0 Å². The fraction of sp³-hybridized carbons (Fsp3) is 0.316. The number of hydrogen-bond acceptors (Lipinski definition) is 4. The maximum atomic E-state index is 14.6. The molecule has 0 bridgehead atoms. The predicted octanol–water partition coefficient (Wildman–Crippen LogP) is 6.53. The van der Waals surface area contributed by atoms with Crippen LogP contribution in [0.1, 0.15) is 47.2 Å². The second kappa shape index (κ2) is 15.2. The van der Waals surface area contributed by atoms with E-state index in [2.05, 4.69) is 5.32 Å². The molecular weight excluding hydrogens is 595 g/mol. The van der Waals surface area contributed by atoms with Crippen molar-refractivity contribution in [3.63, 3.8) is 0 Å². The summed E-state index contributed by atoms with van der Waals surface area (Å²) in [6, 6.07) is 28.7. The van der Waals surface area contributed by atoms with Crippen molar-refractivity contribution in [2.45, 2.75) is 65.4 Å². The van der Waals surface area contributed by atoms with Crippen LogP contribution in [0.4, 0.5) is 5.69 Å². The Labute approximate surface area is 274 Å². The van der Waals surface area contributed by atoms with E-state index in [1.807, 2.05) is 108 Å².